The summed E-state index contributed by atoms with van der Waals surface area (Å²) in [7, 11) is 0. The predicted molar refractivity (Wildman–Crippen MR) is 239 cm³/mol. The first-order chi connectivity index (χ1) is 20.3. The molecule has 0 fully saturated rings. The van der Waals surface area contributed by atoms with Gasteiger partial charge in [0.2, 0.25) is 0 Å². The van der Waals surface area contributed by atoms with Crippen molar-refractivity contribution >= 4 is 198 Å². The summed E-state index contributed by atoms with van der Waals surface area (Å²) >= 11 is 17.8. The van der Waals surface area contributed by atoms with Crippen LogP contribution in [0.2, 0.25) is 0 Å². The van der Waals surface area contributed by atoms with Crippen LogP contribution >= 0.6 is 181 Å². The Balaban J connectivity index is 1.63. The highest BCUT2D eigenvalue weighted by Crippen LogP contribution is 2.24. The monoisotopic (exact) mass is 1480 g/mol. The molecule has 3 N–H and O–H groups in total. The van der Waals surface area contributed by atoms with Crippen LogP contribution in [0, 0.1) is 35.5 Å². The quantitative estimate of drug-likeness (QED) is 0.128. The van der Waals surface area contributed by atoms with Crippen LogP contribution in [0.15, 0.2) is 36.4 Å². The summed E-state index contributed by atoms with van der Waals surface area (Å²) in [6.07, 6.45) is 0. The van der Waals surface area contributed by atoms with E-state index in [1.54, 1.807) is 0 Å². The fourth-order valence-corrected chi connectivity index (χ4v) is 10.1. The molecular weight excluding hydrogens is 1460 g/mol. The lowest BCUT2D eigenvalue weighted by molar-refractivity contribution is 0.0947. The van der Waals surface area contributed by atoms with Gasteiger partial charge in [-0.15, -0.1) is 0 Å². The molecule has 0 heterocycles. The summed E-state index contributed by atoms with van der Waals surface area (Å²) in [5.41, 5.74) is 3.02. The van der Waals surface area contributed by atoms with Gasteiger partial charge < -0.3 is 16.0 Å². The van der Waals surface area contributed by atoms with Gasteiger partial charge in [-0.05, 0) is 230 Å². The molecule has 0 radical (unpaired) electrons. The van der Waals surface area contributed by atoms with E-state index in [9.17, 15) is 14.4 Å². The van der Waals surface area contributed by atoms with E-state index in [-0.39, 0.29) is 17.7 Å². The van der Waals surface area contributed by atoms with Crippen LogP contribution in [-0.4, -0.2) is 61.9 Å². The van der Waals surface area contributed by atoms with Gasteiger partial charge >= 0.3 is 0 Å². The van der Waals surface area contributed by atoms with Gasteiger partial charge in [-0.3, -0.25) is 19.3 Å². The summed E-state index contributed by atoms with van der Waals surface area (Å²) in [6, 6.07) is 11.8. The van der Waals surface area contributed by atoms with Crippen LogP contribution < -0.4 is 16.0 Å². The molecule has 0 aromatic heterocycles. The Kier molecular flexibility index (Phi) is 17.5. The molecule has 0 bridgehead atoms. The third-order valence-electron chi connectivity index (χ3n) is 6.03. The van der Waals surface area contributed by atoms with Gasteiger partial charge in [0.15, 0.2) is 0 Å². The van der Waals surface area contributed by atoms with E-state index in [2.05, 4.69) is 208 Å². The Morgan fingerprint density at radius 3 is 1.23 bits per heavy atom. The molecule has 3 amide bonds. The van der Waals surface area contributed by atoms with Gasteiger partial charge in [0.1, 0.15) is 0 Å². The minimum Gasteiger partial charge on any atom is -0.351 e. The third-order valence-corrected chi connectivity index (χ3v) is 16.4. The maximum Gasteiger partial charge on any atom is 0.252 e. The van der Waals surface area contributed by atoms with Crippen molar-refractivity contribution < 1.29 is 14.4 Å². The zero-order valence-electron chi connectivity index (χ0n) is 22.4. The molecule has 7 nitrogen and oxygen atoms in total. The van der Waals surface area contributed by atoms with Crippen LogP contribution in [0.1, 0.15) is 36.6 Å². The lowest BCUT2D eigenvalue weighted by atomic mass is 10.1. The Hall–Kier alpha value is 1.87. The largest absolute Gasteiger partial charge is 0.351 e. The number of benzene rings is 3. The topological polar surface area (TPSA) is 90.5 Å². The average molecular weight is 1480 g/mol. The number of hydrogen-bond donors (Lipinski definition) is 3. The smallest absolute Gasteiger partial charge is 0.252 e. The number of nitrogens with zero attached hydrogens (tertiary/aromatic N) is 1. The first-order valence-electron chi connectivity index (χ1n) is 12.6. The normalized spacial score (nSPS) is 11.0. The maximum atomic E-state index is 13.0. The third kappa shape index (κ3) is 12.1. The molecule has 0 spiro atoms. The SMILES string of the molecule is Cc1cc(I)c(I)c(C(=O)NCCN(CCNC(=O)c2cc(I)cc(I)c2I)CCNC(=O)c2cc(I)cc(I)c2I)c1. The van der Waals surface area contributed by atoms with Crippen molar-refractivity contribution in [1.82, 2.24) is 20.9 Å². The fourth-order valence-electron chi connectivity index (χ4n) is 3.94. The Bertz CT molecular complexity index is 1360. The second kappa shape index (κ2) is 19.2. The second-order valence-corrected chi connectivity index (χ2v) is 18.4. The summed E-state index contributed by atoms with van der Waals surface area (Å²) < 4.78 is 7.94. The molecular formula is C28H24I8N4O3. The Morgan fingerprint density at radius 2 is 0.860 bits per heavy atom. The van der Waals surface area contributed by atoms with Gasteiger partial charge in [-0.1, -0.05) is 0 Å². The van der Waals surface area contributed by atoms with E-state index >= 15 is 0 Å². The molecule has 0 unspecified atom stereocenters. The minimum atomic E-state index is -0.117. The van der Waals surface area contributed by atoms with Crippen molar-refractivity contribution in [2.45, 2.75) is 6.92 Å². The van der Waals surface area contributed by atoms with Gasteiger partial charge in [0.05, 0.1) is 16.7 Å². The van der Waals surface area contributed by atoms with Crippen molar-refractivity contribution in [2.24, 2.45) is 0 Å². The van der Waals surface area contributed by atoms with E-state index < -0.39 is 0 Å². The van der Waals surface area contributed by atoms with Gasteiger partial charge in [0.25, 0.3) is 17.7 Å². The van der Waals surface area contributed by atoms with E-state index in [0.29, 0.717) is 56.0 Å². The number of rotatable bonds is 12. The van der Waals surface area contributed by atoms with Crippen LogP contribution in [0.4, 0.5) is 0 Å². The fraction of sp³-hybridized carbons (Fsp3) is 0.250. The van der Waals surface area contributed by atoms with Crippen molar-refractivity contribution in [3.05, 3.63) is 87.2 Å². The molecule has 0 aliphatic heterocycles. The van der Waals surface area contributed by atoms with Crippen LogP contribution in [0.3, 0.4) is 0 Å². The molecule has 0 atom stereocenters. The van der Waals surface area contributed by atoms with Gasteiger partial charge in [0, 0.05) is 67.8 Å². The first kappa shape index (κ1) is 39.3. The van der Waals surface area contributed by atoms with Crippen molar-refractivity contribution in [3.8, 4) is 0 Å². The number of halogens is 8. The Morgan fingerprint density at radius 1 is 0.535 bits per heavy atom. The molecule has 0 saturated heterocycles. The molecule has 230 valence electrons. The van der Waals surface area contributed by atoms with E-state index in [1.165, 1.54) is 0 Å². The number of hydrogen-bond acceptors (Lipinski definition) is 4. The van der Waals surface area contributed by atoms with Gasteiger partial charge in [-0.25, -0.2) is 0 Å². The lowest BCUT2D eigenvalue weighted by Crippen LogP contribution is -2.43. The molecule has 15 heteroatoms. The highest BCUT2D eigenvalue weighted by molar-refractivity contribution is 14.1. The standard InChI is InChI=1S/C28H24I8N4O3/c1-14-8-17(23(34)20(31)9-14)26(41)37-2-5-40(6-3-38-27(42)18-10-15(29)12-21(32)24(18)35)7-4-39-28(43)19-11-16(30)13-22(33)25(19)36/h8-13H,2-7H2,1H3,(H,37,41)(H,38,42)(H,39,43). The first-order valence-corrected chi connectivity index (χ1v) is 21.2. The number of carbonyl (C=O) groups is 3. The molecule has 3 rings (SSSR count). The molecule has 3 aromatic rings. The molecule has 0 aliphatic rings. The van der Waals surface area contributed by atoms with Crippen LogP contribution in [0.25, 0.3) is 0 Å². The zero-order valence-corrected chi connectivity index (χ0v) is 39.7. The molecule has 0 saturated carbocycles. The molecule has 0 aliphatic carbocycles. The number of nitrogens with one attached hydrogen (secondary N) is 3. The predicted octanol–water partition coefficient (Wildman–Crippen LogP) is 7.72. The van der Waals surface area contributed by atoms with Crippen molar-refractivity contribution in [1.29, 1.82) is 0 Å². The highest BCUT2D eigenvalue weighted by atomic mass is 127. The highest BCUT2D eigenvalue weighted by Gasteiger charge is 2.17. The number of carbonyl (C=O) groups excluding carboxylic acids is 3. The Labute approximate surface area is 360 Å². The summed E-state index contributed by atoms with van der Waals surface area (Å²) in [6.45, 7) is 4.96. The van der Waals surface area contributed by atoms with E-state index in [0.717, 1.165) is 34.1 Å². The summed E-state index contributed by atoms with van der Waals surface area (Å²) in [5, 5.41) is 9.13. The van der Waals surface area contributed by atoms with Crippen LogP contribution in [-0.2, 0) is 0 Å². The van der Waals surface area contributed by atoms with Crippen molar-refractivity contribution in [2.75, 3.05) is 39.3 Å². The average Bonchev–Trinajstić information content (AvgIpc) is 2.93. The molecule has 3 aromatic carbocycles. The van der Waals surface area contributed by atoms with E-state index in [4.69, 9.17) is 0 Å². The summed E-state index contributed by atoms with van der Waals surface area (Å²) in [5.74, 6) is -0.346. The lowest BCUT2D eigenvalue weighted by Gasteiger charge is -2.23. The number of amides is 3. The number of aryl methyl sites for hydroxylation is 1. The maximum absolute atomic E-state index is 13.0. The van der Waals surface area contributed by atoms with E-state index in [1.807, 2.05) is 37.3 Å². The van der Waals surface area contributed by atoms with Gasteiger partial charge in [-0.2, -0.15) is 0 Å². The second-order valence-electron chi connectivity index (χ2n) is 9.22. The zero-order chi connectivity index (χ0) is 31.8. The van der Waals surface area contributed by atoms with Crippen molar-refractivity contribution in [3.63, 3.8) is 0 Å². The van der Waals surface area contributed by atoms with Crippen LogP contribution in [0.5, 0.6) is 0 Å². The summed E-state index contributed by atoms with van der Waals surface area (Å²) in [4.78, 5) is 41.1. The minimum absolute atomic E-state index is 0.113. The molecule has 43 heavy (non-hydrogen) atoms.